The third-order valence-electron chi connectivity index (χ3n) is 2.43. The van der Waals surface area contributed by atoms with Crippen LogP contribution in [0.15, 0.2) is 12.3 Å². The molecule has 1 aliphatic carbocycles. The molecule has 2 saturated heterocycles. The predicted octanol–water partition coefficient (Wildman–Crippen LogP) is 1.33. The van der Waals surface area contributed by atoms with Crippen LogP contribution in [-0.4, -0.2) is 19.8 Å². The van der Waals surface area contributed by atoms with Crippen LogP contribution in [0.2, 0.25) is 0 Å². The van der Waals surface area contributed by atoms with Crippen LogP contribution in [0.5, 0.6) is 0 Å². The highest BCUT2D eigenvalue weighted by molar-refractivity contribution is 5.11. The van der Waals surface area contributed by atoms with Gasteiger partial charge in [0.15, 0.2) is 0 Å². The van der Waals surface area contributed by atoms with Crippen molar-refractivity contribution in [3.63, 3.8) is 0 Å². The Morgan fingerprint density at radius 3 is 2.90 bits per heavy atom. The number of rotatable bonds is 2. The van der Waals surface area contributed by atoms with E-state index >= 15 is 0 Å². The summed E-state index contributed by atoms with van der Waals surface area (Å²) in [5.41, 5.74) is 0.362. The summed E-state index contributed by atoms with van der Waals surface area (Å²) in [4.78, 5) is 0. The van der Waals surface area contributed by atoms with Gasteiger partial charge in [-0.3, -0.25) is 0 Å². The van der Waals surface area contributed by atoms with Crippen molar-refractivity contribution in [3.05, 3.63) is 12.3 Å². The summed E-state index contributed by atoms with van der Waals surface area (Å²) in [7, 11) is 1.68. The summed E-state index contributed by atoms with van der Waals surface area (Å²) < 4.78 is 10.3. The zero-order valence-electron chi connectivity index (χ0n) is 6.17. The van der Waals surface area contributed by atoms with E-state index in [1.54, 1.807) is 13.4 Å². The van der Waals surface area contributed by atoms with Gasteiger partial charge < -0.3 is 9.47 Å². The van der Waals surface area contributed by atoms with E-state index in [1.165, 1.54) is 12.8 Å². The number of hydrogen-bond donors (Lipinski definition) is 0. The van der Waals surface area contributed by atoms with Crippen molar-refractivity contribution in [1.82, 2.24) is 0 Å². The van der Waals surface area contributed by atoms with E-state index < -0.39 is 0 Å². The Morgan fingerprint density at radius 2 is 2.40 bits per heavy atom. The van der Waals surface area contributed by atoms with Gasteiger partial charge in [0.2, 0.25) is 0 Å². The molecule has 10 heavy (non-hydrogen) atoms. The highest BCUT2D eigenvalue weighted by atomic mass is 16.5. The van der Waals surface area contributed by atoms with Crippen LogP contribution in [0.4, 0.5) is 0 Å². The summed E-state index contributed by atoms with van der Waals surface area (Å²) in [6.45, 7) is 0.900. The fourth-order valence-corrected chi connectivity index (χ4v) is 1.76. The van der Waals surface area contributed by atoms with Crippen LogP contribution in [0.3, 0.4) is 0 Å². The summed E-state index contributed by atoms with van der Waals surface area (Å²) >= 11 is 0. The molecular formula is C8H12O2. The van der Waals surface area contributed by atoms with E-state index in [0.717, 1.165) is 6.61 Å². The lowest BCUT2D eigenvalue weighted by Crippen LogP contribution is -2.30. The SMILES string of the molecule is COC=CC12COC(C1)C2. The van der Waals surface area contributed by atoms with Crippen LogP contribution in [-0.2, 0) is 9.47 Å². The Bertz CT molecular complexity index is 151. The molecule has 0 aromatic rings. The lowest BCUT2D eigenvalue weighted by atomic mass is 9.70. The molecule has 3 rings (SSSR count). The molecule has 0 atom stereocenters. The summed E-state index contributed by atoms with van der Waals surface area (Å²) in [6.07, 6.45) is 6.86. The number of fused-ring (bicyclic) bond motifs is 1. The van der Waals surface area contributed by atoms with Gasteiger partial charge in [-0.2, -0.15) is 0 Å². The second-order valence-electron chi connectivity index (χ2n) is 3.24. The molecule has 2 heteroatoms. The molecule has 0 amide bonds. The molecule has 0 radical (unpaired) electrons. The largest absolute Gasteiger partial charge is 0.505 e. The molecule has 0 N–H and O–H groups in total. The average molecular weight is 140 g/mol. The first-order valence-electron chi connectivity index (χ1n) is 3.67. The number of methoxy groups -OCH3 is 1. The summed E-state index contributed by atoms with van der Waals surface area (Å²) in [5, 5.41) is 0. The molecule has 0 aromatic heterocycles. The minimum Gasteiger partial charge on any atom is -0.505 e. The van der Waals surface area contributed by atoms with Crippen molar-refractivity contribution in [3.8, 4) is 0 Å². The van der Waals surface area contributed by atoms with Crippen LogP contribution < -0.4 is 0 Å². The maximum Gasteiger partial charge on any atom is 0.0791 e. The fraction of sp³-hybridized carbons (Fsp3) is 0.750. The smallest absolute Gasteiger partial charge is 0.0791 e. The molecule has 1 saturated carbocycles. The number of hydrogen-bond acceptors (Lipinski definition) is 2. The van der Waals surface area contributed by atoms with Crippen molar-refractivity contribution in [1.29, 1.82) is 0 Å². The van der Waals surface area contributed by atoms with Crippen LogP contribution in [0, 0.1) is 5.41 Å². The quantitative estimate of drug-likeness (QED) is 0.539. The van der Waals surface area contributed by atoms with Gasteiger partial charge in [0.25, 0.3) is 0 Å². The molecule has 2 bridgehead atoms. The van der Waals surface area contributed by atoms with E-state index in [1.807, 2.05) is 0 Å². The van der Waals surface area contributed by atoms with Gasteiger partial charge >= 0.3 is 0 Å². The topological polar surface area (TPSA) is 18.5 Å². The third kappa shape index (κ3) is 0.754. The molecular weight excluding hydrogens is 128 g/mol. The molecule has 56 valence electrons. The molecule has 0 spiro atoms. The van der Waals surface area contributed by atoms with Gasteiger partial charge in [0, 0.05) is 5.41 Å². The average Bonchev–Trinajstić information content (AvgIpc) is 2.39. The Hall–Kier alpha value is -0.500. The standard InChI is InChI=1S/C8H12O2/c1-9-3-2-8-4-7(5-8)10-6-8/h2-3,7H,4-6H2,1H3. The van der Waals surface area contributed by atoms with Crippen molar-refractivity contribution in [2.75, 3.05) is 13.7 Å². The monoisotopic (exact) mass is 140 g/mol. The van der Waals surface area contributed by atoms with Crippen molar-refractivity contribution < 1.29 is 9.47 Å². The molecule has 3 aliphatic rings. The second kappa shape index (κ2) is 1.99. The van der Waals surface area contributed by atoms with Crippen LogP contribution >= 0.6 is 0 Å². The molecule has 2 aliphatic heterocycles. The van der Waals surface area contributed by atoms with Crippen molar-refractivity contribution in [2.24, 2.45) is 5.41 Å². The zero-order chi connectivity index (χ0) is 7.03. The van der Waals surface area contributed by atoms with Gasteiger partial charge in [-0.05, 0) is 18.9 Å². The Morgan fingerprint density at radius 1 is 1.60 bits per heavy atom. The van der Waals surface area contributed by atoms with Crippen molar-refractivity contribution >= 4 is 0 Å². The first kappa shape index (κ1) is 6.23. The van der Waals surface area contributed by atoms with E-state index in [4.69, 9.17) is 9.47 Å². The molecule has 0 aromatic carbocycles. The van der Waals surface area contributed by atoms with Crippen LogP contribution in [0.25, 0.3) is 0 Å². The van der Waals surface area contributed by atoms with Crippen molar-refractivity contribution in [2.45, 2.75) is 18.9 Å². The van der Waals surface area contributed by atoms with E-state index in [2.05, 4.69) is 6.08 Å². The van der Waals surface area contributed by atoms with Gasteiger partial charge in [-0.1, -0.05) is 0 Å². The maximum absolute atomic E-state index is 5.42. The zero-order valence-corrected chi connectivity index (χ0v) is 6.17. The fourth-order valence-electron chi connectivity index (χ4n) is 1.76. The van der Waals surface area contributed by atoms with E-state index in [-0.39, 0.29) is 0 Å². The number of ether oxygens (including phenoxy) is 2. The summed E-state index contributed by atoms with van der Waals surface area (Å²) in [6, 6.07) is 0. The minimum absolute atomic E-state index is 0.362. The summed E-state index contributed by atoms with van der Waals surface area (Å²) in [5.74, 6) is 0. The predicted molar refractivity (Wildman–Crippen MR) is 37.6 cm³/mol. The van der Waals surface area contributed by atoms with Gasteiger partial charge in [-0.25, -0.2) is 0 Å². The molecule has 0 unspecified atom stereocenters. The first-order valence-corrected chi connectivity index (χ1v) is 3.67. The Kier molecular flexibility index (Phi) is 1.24. The van der Waals surface area contributed by atoms with Gasteiger partial charge in [0.1, 0.15) is 0 Å². The molecule has 2 heterocycles. The van der Waals surface area contributed by atoms with Gasteiger partial charge in [-0.15, -0.1) is 0 Å². The van der Waals surface area contributed by atoms with E-state index in [0.29, 0.717) is 11.5 Å². The highest BCUT2D eigenvalue weighted by Crippen LogP contribution is 2.50. The normalized spacial score (nSPS) is 43.9. The highest BCUT2D eigenvalue weighted by Gasteiger charge is 2.50. The van der Waals surface area contributed by atoms with E-state index in [9.17, 15) is 0 Å². The first-order chi connectivity index (χ1) is 4.85. The van der Waals surface area contributed by atoms with Crippen LogP contribution in [0.1, 0.15) is 12.8 Å². The maximum atomic E-state index is 5.42. The molecule has 3 fully saturated rings. The lowest BCUT2D eigenvalue weighted by Gasteiger charge is -2.31. The third-order valence-corrected chi connectivity index (χ3v) is 2.43. The Balaban J connectivity index is 1.98. The minimum atomic E-state index is 0.362. The lowest BCUT2D eigenvalue weighted by molar-refractivity contribution is 0.119. The second-order valence-corrected chi connectivity index (χ2v) is 3.24. The molecule has 2 nitrogen and oxygen atoms in total. The van der Waals surface area contributed by atoms with Gasteiger partial charge in [0.05, 0.1) is 26.1 Å². The Labute approximate surface area is 60.8 Å².